The van der Waals surface area contributed by atoms with Gasteiger partial charge in [-0.2, -0.15) is 0 Å². The molecular formula is C31H29ClN2O6. The normalized spacial score (nSPS) is 19.6. The van der Waals surface area contributed by atoms with Crippen molar-refractivity contribution in [3.05, 3.63) is 88.4 Å². The Hall–Kier alpha value is -4.04. The summed E-state index contributed by atoms with van der Waals surface area (Å²) in [4.78, 5) is 42.8. The number of β-lactam (4-membered cyclic amide) rings is 1. The van der Waals surface area contributed by atoms with Gasteiger partial charge in [0.25, 0.3) is 5.91 Å². The van der Waals surface area contributed by atoms with Crippen LogP contribution in [0.4, 0.5) is 5.69 Å². The van der Waals surface area contributed by atoms with E-state index in [9.17, 15) is 14.4 Å². The molecule has 1 spiro atoms. The fraction of sp³-hybridized carbons (Fsp3) is 0.323. The number of piperidine rings is 1. The first-order valence-electron chi connectivity index (χ1n) is 13.4. The van der Waals surface area contributed by atoms with Gasteiger partial charge in [0.05, 0.1) is 37.3 Å². The Balaban J connectivity index is 1.24. The lowest BCUT2D eigenvalue weighted by Gasteiger charge is -2.59. The number of halogens is 1. The van der Waals surface area contributed by atoms with E-state index in [1.165, 1.54) is 7.11 Å². The van der Waals surface area contributed by atoms with Crippen molar-refractivity contribution < 1.29 is 28.6 Å². The highest BCUT2D eigenvalue weighted by molar-refractivity contribution is 6.30. The maximum Gasteiger partial charge on any atom is 0.337 e. The first kappa shape index (κ1) is 26.2. The lowest BCUT2D eigenvalue weighted by molar-refractivity contribution is -0.144. The number of rotatable bonds is 4. The molecule has 1 atom stereocenters. The van der Waals surface area contributed by atoms with E-state index in [4.69, 9.17) is 25.8 Å². The van der Waals surface area contributed by atoms with Gasteiger partial charge in [0, 0.05) is 35.8 Å². The first-order valence-corrected chi connectivity index (χ1v) is 13.8. The molecule has 2 amide bonds. The molecule has 8 nitrogen and oxygen atoms in total. The van der Waals surface area contributed by atoms with Crippen LogP contribution in [0.3, 0.4) is 0 Å². The number of hydrogen-bond donors (Lipinski definition) is 0. The average molecular weight is 561 g/mol. The maximum atomic E-state index is 13.9. The number of methoxy groups -OCH3 is 1. The molecule has 6 rings (SSSR count). The SMILES string of the molecule is COC(=O)c1ccc(N2C(=O)C3(CCN(C(=O)c4ccc5c(c4)OCCCO5)CC3)C2c2ccc(Cl)cc2)cc1. The van der Waals surface area contributed by atoms with Crippen LogP contribution >= 0.6 is 11.6 Å². The Labute approximate surface area is 237 Å². The molecule has 40 heavy (non-hydrogen) atoms. The van der Waals surface area contributed by atoms with Crippen LogP contribution in [0.15, 0.2) is 66.7 Å². The molecule has 0 saturated carbocycles. The highest BCUT2D eigenvalue weighted by Crippen LogP contribution is 2.57. The fourth-order valence-electron chi connectivity index (χ4n) is 5.99. The summed E-state index contributed by atoms with van der Waals surface area (Å²) in [5, 5.41) is 0.618. The molecule has 206 valence electrons. The summed E-state index contributed by atoms with van der Waals surface area (Å²) in [6.45, 7) is 2.05. The Morgan fingerprint density at radius 3 is 2.23 bits per heavy atom. The zero-order valence-corrected chi connectivity index (χ0v) is 22.9. The van der Waals surface area contributed by atoms with Crippen molar-refractivity contribution >= 4 is 35.1 Å². The molecule has 2 fully saturated rings. The summed E-state index contributed by atoms with van der Waals surface area (Å²) in [5.41, 5.74) is 1.99. The van der Waals surface area contributed by atoms with Crippen LogP contribution in [0.25, 0.3) is 0 Å². The van der Waals surface area contributed by atoms with Gasteiger partial charge in [0.15, 0.2) is 11.5 Å². The molecule has 3 aromatic carbocycles. The minimum atomic E-state index is -0.643. The Bertz CT molecular complexity index is 1450. The lowest BCUT2D eigenvalue weighted by Crippen LogP contribution is -2.67. The van der Waals surface area contributed by atoms with Crippen molar-refractivity contribution in [1.82, 2.24) is 4.90 Å². The standard InChI is InChI=1S/C31H29ClN2O6/c1-38-29(36)21-5-10-24(11-6-21)34-27(20-3-8-23(32)9-4-20)31(30(34)37)13-15-33(16-14-31)28(35)22-7-12-25-26(19-22)40-18-2-17-39-25/h3-12,19,27H,2,13-18H2,1H3. The van der Waals surface area contributed by atoms with Crippen LogP contribution in [0.1, 0.15) is 51.6 Å². The van der Waals surface area contributed by atoms with Crippen LogP contribution < -0.4 is 14.4 Å². The Kier molecular flexibility index (Phi) is 6.88. The number of hydrogen-bond acceptors (Lipinski definition) is 6. The topological polar surface area (TPSA) is 85.4 Å². The van der Waals surface area contributed by atoms with Crippen LogP contribution in [0, 0.1) is 5.41 Å². The highest BCUT2D eigenvalue weighted by atomic mass is 35.5. The quantitative estimate of drug-likeness (QED) is 0.318. The number of likely N-dealkylation sites (tertiary alicyclic amines) is 1. The minimum absolute atomic E-state index is 0.0148. The lowest BCUT2D eigenvalue weighted by atomic mass is 9.62. The maximum absolute atomic E-state index is 13.9. The third kappa shape index (κ3) is 4.46. The zero-order chi connectivity index (χ0) is 27.9. The number of carbonyl (C=O) groups is 3. The Morgan fingerprint density at radius 2 is 1.55 bits per heavy atom. The van der Waals surface area contributed by atoms with Gasteiger partial charge in [-0.25, -0.2) is 4.79 Å². The van der Waals surface area contributed by atoms with Gasteiger partial charge in [-0.15, -0.1) is 0 Å². The molecular weight excluding hydrogens is 532 g/mol. The van der Waals surface area contributed by atoms with Crippen LogP contribution in [-0.2, 0) is 9.53 Å². The van der Waals surface area contributed by atoms with E-state index in [0.29, 0.717) is 72.5 Å². The summed E-state index contributed by atoms with van der Waals surface area (Å²) >= 11 is 6.18. The molecule has 0 bridgehead atoms. The van der Waals surface area contributed by atoms with Gasteiger partial charge in [0.1, 0.15) is 0 Å². The number of anilines is 1. The second-order valence-corrected chi connectivity index (χ2v) is 10.8. The summed E-state index contributed by atoms with van der Waals surface area (Å²) in [7, 11) is 1.34. The average Bonchev–Trinajstić information content (AvgIpc) is 3.25. The smallest absolute Gasteiger partial charge is 0.337 e. The van der Waals surface area contributed by atoms with Crippen LogP contribution in [0.2, 0.25) is 5.02 Å². The largest absolute Gasteiger partial charge is 0.490 e. The molecule has 0 aromatic heterocycles. The molecule has 0 aliphatic carbocycles. The van der Waals surface area contributed by atoms with Crippen LogP contribution in [0.5, 0.6) is 11.5 Å². The number of nitrogens with zero attached hydrogens (tertiary/aromatic N) is 2. The number of ether oxygens (including phenoxy) is 3. The van der Waals surface area contributed by atoms with E-state index in [2.05, 4.69) is 0 Å². The van der Waals surface area contributed by atoms with E-state index in [-0.39, 0.29) is 17.9 Å². The van der Waals surface area contributed by atoms with E-state index < -0.39 is 11.4 Å². The number of carbonyl (C=O) groups excluding carboxylic acids is 3. The number of fused-ring (bicyclic) bond motifs is 1. The van der Waals surface area contributed by atoms with Gasteiger partial charge < -0.3 is 24.0 Å². The van der Waals surface area contributed by atoms with Crippen molar-refractivity contribution in [3.63, 3.8) is 0 Å². The van der Waals surface area contributed by atoms with E-state index in [0.717, 1.165) is 12.0 Å². The molecule has 1 unspecified atom stereocenters. The monoisotopic (exact) mass is 560 g/mol. The third-order valence-corrected chi connectivity index (χ3v) is 8.37. The first-order chi connectivity index (χ1) is 19.4. The van der Waals surface area contributed by atoms with Gasteiger partial charge in [0.2, 0.25) is 5.91 Å². The molecule has 9 heteroatoms. The van der Waals surface area contributed by atoms with Gasteiger partial charge in [-0.05, 0) is 73.0 Å². The number of benzene rings is 3. The summed E-state index contributed by atoms with van der Waals surface area (Å²) < 4.78 is 16.3. The molecule has 3 aliphatic rings. The molecule has 2 saturated heterocycles. The summed E-state index contributed by atoms with van der Waals surface area (Å²) in [6, 6.07) is 19.5. The van der Waals surface area contributed by atoms with E-state index in [1.54, 1.807) is 47.4 Å². The second kappa shape index (κ2) is 10.5. The van der Waals surface area contributed by atoms with Crippen LogP contribution in [-0.4, -0.2) is 56.1 Å². The molecule has 0 N–H and O–H groups in total. The summed E-state index contributed by atoms with van der Waals surface area (Å²) in [6.07, 6.45) is 1.86. The van der Waals surface area contributed by atoms with Crippen molar-refractivity contribution in [2.24, 2.45) is 5.41 Å². The molecule has 0 radical (unpaired) electrons. The minimum Gasteiger partial charge on any atom is -0.490 e. The van der Waals surface area contributed by atoms with Crippen molar-refractivity contribution in [2.45, 2.75) is 25.3 Å². The Morgan fingerprint density at radius 1 is 0.900 bits per heavy atom. The van der Waals surface area contributed by atoms with E-state index >= 15 is 0 Å². The fourth-order valence-corrected chi connectivity index (χ4v) is 6.11. The number of esters is 1. The van der Waals surface area contributed by atoms with Gasteiger partial charge >= 0.3 is 5.97 Å². The predicted molar refractivity (Wildman–Crippen MR) is 149 cm³/mol. The summed E-state index contributed by atoms with van der Waals surface area (Å²) in [5.74, 6) is 0.731. The second-order valence-electron chi connectivity index (χ2n) is 10.3. The van der Waals surface area contributed by atoms with Crippen molar-refractivity contribution in [3.8, 4) is 11.5 Å². The third-order valence-electron chi connectivity index (χ3n) is 8.12. The zero-order valence-electron chi connectivity index (χ0n) is 22.1. The predicted octanol–water partition coefficient (Wildman–Crippen LogP) is 5.30. The van der Waals surface area contributed by atoms with Crippen molar-refractivity contribution in [2.75, 3.05) is 38.3 Å². The molecule has 3 heterocycles. The molecule has 3 aromatic rings. The van der Waals surface area contributed by atoms with Gasteiger partial charge in [-0.3, -0.25) is 9.59 Å². The molecule has 3 aliphatic heterocycles. The van der Waals surface area contributed by atoms with E-state index in [1.807, 2.05) is 29.2 Å². The van der Waals surface area contributed by atoms with Gasteiger partial charge in [-0.1, -0.05) is 23.7 Å². The highest BCUT2D eigenvalue weighted by Gasteiger charge is 2.62. The number of amides is 2. The van der Waals surface area contributed by atoms with Crippen molar-refractivity contribution in [1.29, 1.82) is 0 Å².